The molecule has 5 heteroatoms. The van der Waals surface area contributed by atoms with Crippen molar-refractivity contribution in [1.82, 2.24) is 0 Å². The van der Waals surface area contributed by atoms with Crippen molar-refractivity contribution in [2.45, 2.75) is 63.8 Å². The Morgan fingerprint density at radius 2 is 1.87 bits per heavy atom. The van der Waals surface area contributed by atoms with Crippen LogP contribution in [0.2, 0.25) is 0 Å². The zero-order chi connectivity index (χ0) is 20.8. The summed E-state index contributed by atoms with van der Waals surface area (Å²) in [7, 11) is 0. The van der Waals surface area contributed by atoms with Gasteiger partial charge in [-0.05, 0) is 58.8 Å². The molecule has 0 aromatic heterocycles. The largest absolute Gasteiger partial charge is 0.507 e. The summed E-state index contributed by atoms with van der Waals surface area (Å²) in [5.41, 5.74) is 3.07. The molecule has 0 radical (unpaired) electrons. The molecule has 30 heavy (non-hydrogen) atoms. The molecule has 2 atom stereocenters. The molecule has 0 bridgehead atoms. The van der Waals surface area contributed by atoms with Crippen LogP contribution in [0.25, 0.3) is 6.08 Å². The van der Waals surface area contributed by atoms with Crippen molar-refractivity contribution < 1.29 is 24.1 Å². The van der Waals surface area contributed by atoms with E-state index in [4.69, 9.17) is 18.9 Å². The molecule has 0 amide bonds. The fraction of sp³-hybridized carbons (Fsp3) is 0.440. The van der Waals surface area contributed by atoms with Gasteiger partial charge in [-0.1, -0.05) is 6.07 Å². The molecule has 4 heterocycles. The van der Waals surface area contributed by atoms with E-state index in [0.29, 0.717) is 29.2 Å². The second-order valence-electron chi connectivity index (χ2n) is 9.87. The SMILES string of the molecule is CC1(C)C=Cc2c(cc3c(c2O)[C@H]2Oc4c(ccc5c4CCC(C)(C)O5)[C@@H]2CO3)O1. The minimum atomic E-state index is -0.419. The van der Waals surface area contributed by atoms with E-state index in [1.807, 2.05) is 32.1 Å². The van der Waals surface area contributed by atoms with Crippen LogP contribution < -0.4 is 18.9 Å². The third kappa shape index (κ3) is 2.47. The van der Waals surface area contributed by atoms with Crippen LogP contribution in [0.1, 0.15) is 68.4 Å². The number of fused-ring (bicyclic) bond motifs is 8. The first kappa shape index (κ1) is 18.0. The van der Waals surface area contributed by atoms with Gasteiger partial charge in [0.25, 0.3) is 0 Å². The minimum Gasteiger partial charge on any atom is -0.507 e. The van der Waals surface area contributed by atoms with Gasteiger partial charge in [-0.2, -0.15) is 0 Å². The van der Waals surface area contributed by atoms with Gasteiger partial charge in [-0.25, -0.2) is 0 Å². The van der Waals surface area contributed by atoms with Crippen LogP contribution in [0.3, 0.4) is 0 Å². The molecule has 4 aliphatic rings. The lowest BCUT2D eigenvalue weighted by molar-refractivity contribution is 0.0823. The molecule has 0 fully saturated rings. The highest BCUT2D eigenvalue weighted by molar-refractivity contribution is 5.73. The second-order valence-corrected chi connectivity index (χ2v) is 9.87. The van der Waals surface area contributed by atoms with E-state index in [0.717, 1.165) is 35.5 Å². The predicted molar refractivity (Wildman–Crippen MR) is 113 cm³/mol. The van der Waals surface area contributed by atoms with Crippen molar-refractivity contribution in [3.05, 3.63) is 46.5 Å². The Morgan fingerprint density at radius 3 is 2.70 bits per heavy atom. The molecule has 5 nitrogen and oxygen atoms in total. The average Bonchev–Trinajstić information content (AvgIpc) is 3.04. The number of phenols is 1. The Bertz CT molecular complexity index is 1110. The summed E-state index contributed by atoms with van der Waals surface area (Å²) in [5, 5.41) is 11.2. The summed E-state index contributed by atoms with van der Waals surface area (Å²) >= 11 is 0. The topological polar surface area (TPSA) is 57.2 Å². The Balaban J connectivity index is 1.44. The molecule has 0 saturated carbocycles. The zero-order valence-corrected chi connectivity index (χ0v) is 17.7. The molecule has 0 saturated heterocycles. The first-order valence-corrected chi connectivity index (χ1v) is 10.6. The van der Waals surface area contributed by atoms with E-state index in [9.17, 15) is 5.11 Å². The number of benzene rings is 2. The molecule has 0 unspecified atom stereocenters. The highest BCUT2D eigenvalue weighted by Gasteiger charge is 2.46. The summed E-state index contributed by atoms with van der Waals surface area (Å²) < 4.78 is 24.9. The summed E-state index contributed by atoms with van der Waals surface area (Å²) in [6.45, 7) is 8.72. The van der Waals surface area contributed by atoms with Gasteiger partial charge >= 0.3 is 0 Å². The fourth-order valence-corrected chi connectivity index (χ4v) is 5.05. The highest BCUT2D eigenvalue weighted by atomic mass is 16.5. The van der Waals surface area contributed by atoms with Gasteiger partial charge in [0.15, 0.2) is 0 Å². The fourth-order valence-electron chi connectivity index (χ4n) is 5.05. The first-order valence-electron chi connectivity index (χ1n) is 10.6. The normalized spacial score (nSPS) is 25.9. The van der Waals surface area contributed by atoms with Crippen LogP contribution in [0.5, 0.6) is 28.7 Å². The maximum Gasteiger partial charge on any atom is 0.141 e. The standard InChI is InChI=1S/C25H26O5/c1-24(2)10-8-15-17(29-24)6-5-13-16-12-27-19-11-18-14(7-9-25(3,4)30-18)21(26)20(19)23(16)28-22(13)15/h5-7,9,11,16,23,26H,8,10,12H2,1-4H3/t16-,23-/m0/s1. The van der Waals surface area contributed by atoms with Crippen LogP contribution in [-0.2, 0) is 6.42 Å². The number of ether oxygens (including phenoxy) is 4. The molecule has 4 aliphatic heterocycles. The Labute approximate surface area is 176 Å². The monoisotopic (exact) mass is 406 g/mol. The Kier molecular flexibility index (Phi) is 3.39. The zero-order valence-electron chi connectivity index (χ0n) is 17.7. The summed E-state index contributed by atoms with van der Waals surface area (Å²) in [6, 6.07) is 6.04. The van der Waals surface area contributed by atoms with Gasteiger partial charge < -0.3 is 24.1 Å². The average molecular weight is 406 g/mol. The van der Waals surface area contributed by atoms with E-state index in [-0.39, 0.29) is 23.4 Å². The number of hydrogen-bond donors (Lipinski definition) is 1. The van der Waals surface area contributed by atoms with Crippen LogP contribution in [-0.4, -0.2) is 22.9 Å². The molecule has 1 N–H and O–H groups in total. The summed E-state index contributed by atoms with van der Waals surface area (Å²) in [5.74, 6) is 3.31. The van der Waals surface area contributed by atoms with Gasteiger partial charge in [0, 0.05) is 17.2 Å². The molecular weight excluding hydrogens is 380 g/mol. The maximum absolute atomic E-state index is 11.2. The van der Waals surface area contributed by atoms with Crippen LogP contribution in [0.4, 0.5) is 0 Å². The van der Waals surface area contributed by atoms with Gasteiger partial charge in [0.2, 0.25) is 0 Å². The Hall–Kier alpha value is -2.82. The third-order valence-electron chi connectivity index (χ3n) is 6.65. The third-order valence-corrected chi connectivity index (χ3v) is 6.65. The molecule has 156 valence electrons. The van der Waals surface area contributed by atoms with Crippen molar-refractivity contribution in [2.75, 3.05) is 6.61 Å². The number of phenolic OH excluding ortho intramolecular Hbond substituents is 1. The van der Waals surface area contributed by atoms with Crippen LogP contribution >= 0.6 is 0 Å². The van der Waals surface area contributed by atoms with Gasteiger partial charge in [0.05, 0.1) is 23.7 Å². The van der Waals surface area contributed by atoms with E-state index < -0.39 is 5.60 Å². The van der Waals surface area contributed by atoms with E-state index >= 15 is 0 Å². The van der Waals surface area contributed by atoms with Gasteiger partial charge in [-0.3, -0.25) is 0 Å². The molecule has 2 aromatic carbocycles. The molecule has 6 rings (SSSR count). The van der Waals surface area contributed by atoms with Crippen LogP contribution in [0, 0.1) is 0 Å². The van der Waals surface area contributed by atoms with Crippen molar-refractivity contribution in [2.24, 2.45) is 0 Å². The van der Waals surface area contributed by atoms with Gasteiger partial charge in [0.1, 0.15) is 46.1 Å². The molecule has 0 aliphatic carbocycles. The molecule has 2 aromatic rings. The van der Waals surface area contributed by atoms with Crippen LogP contribution in [0.15, 0.2) is 24.3 Å². The lowest BCUT2D eigenvalue weighted by atomic mass is 9.85. The van der Waals surface area contributed by atoms with Crippen molar-refractivity contribution in [3.8, 4) is 28.7 Å². The lowest BCUT2D eigenvalue weighted by Crippen LogP contribution is -2.32. The Morgan fingerprint density at radius 1 is 1.03 bits per heavy atom. The quantitative estimate of drug-likeness (QED) is 0.644. The maximum atomic E-state index is 11.2. The smallest absolute Gasteiger partial charge is 0.141 e. The predicted octanol–water partition coefficient (Wildman–Crippen LogP) is 5.29. The highest BCUT2D eigenvalue weighted by Crippen LogP contribution is 2.58. The van der Waals surface area contributed by atoms with Gasteiger partial charge in [-0.15, -0.1) is 0 Å². The van der Waals surface area contributed by atoms with E-state index in [1.54, 1.807) is 0 Å². The number of hydrogen-bond acceptors (Lipinski definition) is 5. The minimum absolute atomic E-state index is 0.0432. The summed E-state index contributed by atoms with van der Waals surface area (Å²) in [6.07, 6.45) is 5.47. The summed E-state index contributed by atoms with van der Waals surface area (Å²) in [4.78, 5) is 0. The van der Waals surface area contributed by atoms with Crippen molar-refractivity contribution in [1.29, 1.82) is 0 Å². The second kappa shape index (κ2) is 5.65. The van der Waals surface area contributed by atoms with E-state index in [2.05, 4.69) is 26.0 Å². The number of rotatable bonds is 0. The number of aromatic hydroxyl groups is 1. The van der Waals surface area contributed by atoms with E-state index in [1.165, 1.54) is 0 Å². The lowest BCUT2D eigenvalue weighted by Gasteiger charge is -2.33. The molecular formula is C25H26O5. The van der Waals surface area contributed by atoms with Crippen molar-refractivity contribution >= 4 is 6.08 Å². The van der Waals surface area contributed by atoms with Crippen molar-refractivity contribution in [3.63, 3.8) is 0 Å². The molecule has 0 spiro atoms. The first-order chi connectivity index (χ1) is 14.2.